The molecular formula is C20H26N4O2. The normalized spacial score (nSPS) is 17.7. The van der Waals surface area contributed by atoms with Crippen LogP contribution in [0, 0.1) is 0 Å². The lowest BCUT2D eigenvalue weighted by atomic mass is 10.1. The molecule has 2 aromatic rings. The van der Waals surface area contributed by atoms with Gasteiger partial charge in [0, 0.05) is 57.2 Å². The highest BCUT2D eigenvalue weighted by atomic mass is 16.5. The molecule has 2 heterocycles. The van der Waals surface area contributed by atoms with Crippen molar-refractivity contribution in [1.82, 2.24) is 20.1 Å². The fraction of sp³-hybridized carbons (Fsp3) is 0.400. The van der Waals surface area contributed by atoms with Crippen molar-refractivity contribution in [3.63, 3.8) is 0 Å². The van der Waals surface area contributed by atoms with Crippen LogP contribution in [0.4, 0.5) is 0 Å². The fourth-order valence-electron chi connectivity index (χ4n) is 3.31. The molecule has 0 radical (unpaired) electrons. The lowest BCUT2D eigenvalue weighted by Gasteiger charge is -2.36. The number of ether oxygens (including phenoxy) is 1. The number of nitrogens with one attached hydrogen (secondary N) is 1. The number of benzene rings is 1. The summed E-state index contributed by atoms with van der Waals surface area (Å²) in [6, 6.07) is 12.0. The number of nitrogens with zero attached hydrogens (tertiary/aromatic N) is 3. The summed E-state index contributed by atoms with van der Waals surface area (Å²) in [6.07, 6.45) is 3.66. The number of carbonyl (C=O) groups is 1. The molecule has 1 aromatic heterocycles. The lowest BCUT2D eigenvalue weighted by molar-refractivity contribution is -0.132. The third-order valence-corrected chi connectivity index (χ3v) is 4.79. The molecule has 0 saturated carbocycles. The fourth-order valence-corrected chi connectivity index (χ4v) is 3.31. The van der Waals surface area contributed by atoms with Crippen molar-refractivity contribution in [1.29, 1.82) is 0 Å². The first-order valence-electron chi connectivity index (χ1n) is 8.89. The summed E-state index contributed by atoms with van der Waals surface area (Å²) < 4.78 is 5.39. The number of rotatable bonds is 6. The van der Waals surface area contributed by atoms with Crippen molar-refractivity contribution in [2.24, 2.45) is 0 Å². The molecule has 138 valence electrons. The Balaban J connectivity index is 1.65. The summed E-state index contributed by atoms with van der Waals surface area (Å²) in [6.45, 7) is 3.49. The molecule has 0 bridgehead atoms. The Morgan fingerprint density at radius 3 is 2.96 bits per heavy atom. The molecule has 1 fully saturated rings. The van der Waals surface area contributed by atoms with E-state index in [9.17, 15) is 4.79 Å². The average Bonchev–Trinajstić information content (AvgIpc) is 2.69. The number of pyridine rings is 1. The summed E-state index contributed by atoms with van der Waals surface area (Å²) in [4.78, 5) is 21.0. The van der Waals surface area contributed by atoms with Crippen LogP contribution in [0.25, 0.3) is 0 Å². The predicted molar refractivity (Wildman–Crippen MR) is 101 cm³/mol. The quantitative estimate of drug-likeness (QED) is 0.856. The van der Waals surface area contributed by atoms with Crippen LogP contribution in [0.2, 0.25) is 0 Å². The van der Waals surface area contributed by atoms with Gasteiger partial charge in [0.15, 0.2) is 0 Å². The van der Waals surface area contributed by atoms with Gasteiger partial charge in [-0.05, 0) is 17.7 Å². The molecule has 1 aromatic carbocycles. The van der Waals surface area contributed by atoms with Crippen LogP contribution in [-0.4, -0.2) is 61.0 Å². The minimum Gasteiger partial charge on any atom is -0.496 e. The zero-order valence-corrected chi connectivity index (χ0v) is 15.4. The number of aromatic nitrogens is 1. The third kappa shape index (κ3) is 4.39. The number of hydrogen-bond acceptors (Lipinski definition) is 5. The Morgan fingerprint density at radius 1 is 1.35 bits per heavy atom. The standard InChI is InChI=1S/C20H26N4O2/c1-23(14-17-6-3-4-8-19(17)26-2)20(25)15-24-11-10-22-13-18(24)16-7-5-9-21-12-16/h3-9,12,18,22H,10-11,13-15H2,1-2H3. The number of carbonyl (C=O) groups excluding carboxylic acids is 1. The molecular weight excluding hydrogens is 328 g/mol. The Bertz CT molecular complexity index is 723. The minimum atomic E-state index is 0.103. The van der Waals surface area contributed by atoms with Gasteiger partial charge in [0.05, 0.1) is 13.7 Å². The second-order valence-electron chi connectivity index (χ2n) is 6.54. The Morgan fingerprint density at radius 2 is 2.19 bits per heavy atom. The highest BCUT2D eigenvalue weighted by molar-refractivity contribution is 5.78. The van der Waals surface area contributed by atoms with Gasteiger partial charge < -0.3 is 15.0 Å². The molecule has 1 unspecified atom stereocenters. The van der Waals surface area contributed by atoms with Crippen LogP contribution in [-0.2, 0) is 11.3 Å². The Labute approximate surface area is 154 Å². The third-order valence-electron chi connectivity index (χ3n) is 4.79. The van der Waals surface area contributed by atoms with Crippen molar-refractivity contribution >= 4 is 5.91 Å². The Hall–Kier alpha value is -2.44. The van der Waals surface area contributed by atoms with Gasteiger partial charge in [-0.3, -0.25) is 14.7 Å². The molecule has 3 rings (SSSR count). The summed E-state index contributed by atoms with van der Waals surface area (Å²) in [7, 11) is 3.50. The second kappa shape index (κ2) is 8.78. The largest absolute Gasteiger partial charge is 0.496 e. The van der Waals surface area contributed by atoms with Gasteiger partial charge in [-0.2, -0.15) is 0 Å². The lowest BCUT2D eigenvalue weighted by Crippen LogP contribution is -2.49. The number of hydrogen-bond donors (Lipinski definition) is 1. The van der Waals surface area contributed by atoms with E-state index in [4.69, 9.17) is 4.74 Å². The van der Waals surface area contributed by atoms with Gasteiger partial charge in [-0.25, -0.2) is 0 Å². The summed E-state index contributed by atoms with van der Waals surface area (Å²) in [5.74, 6) is 0.911. The molecule has 26 heavy (non-hydrogen) atoms. The van der Waals surface area contributed by atoms with E-state index in [1.165, 1.54) is 0 Å². The number of amides is 1. The number of methoxy groups -OCH3 is 1. The Kier molecular flexibility index (Phi) is 6.20. The molecule has 0 aliphatic carbocycles. The second-order valence-corrected chi connectivity index (χ2v) is 6.54. The average molecular weight is 354 g/mol. The molecule has 1 atom stereocenters. The molecule has 0 spiro atoms. The highest BCUT2D eigenvalue weighted by Gasteiger charge is 2.26. The number of para-hydroxylation sites is 1. The van der Waals surface area contributed by atoms with Crippen LogP contribution in [0.1, 0.15) is 17.2 Å². The molecule has 1 aliphatic rings. The van der Waals surface area contributed by atoms with Crippen molar-refractivity contribution in [2.75, 3.05) is 40.3 Å². The molecule has 1 N–H and O–H groups in total. The molecule has 1 aliphatic heterocycles. The van der Waals surface area contributed by atoms with E-state index in [2.05, 4.69) is 21.3 Å². The van der Waals surface area contributed by atoms with Crippen LogP contribution >= 0.6 is 0 Å². The summed E-state index contributed by atoms with van der Waals surface area (Å²) in [5, 5.41) is 3.41. The highest BCUT2D eigenvalue weighted by Crippen LogP contribution is 2.22. The maximum atomic E-state index is 12.8. The van der Waals surface area contributed by atoms with E-state index in [-0.39, 0.29) is 11.9 Å². The molecule has 6 nitrogen and oxygen atoms in total. The van der Waals surface area contributed by atoms with Crippen LogP contribution < -0.4 is 10.1 Å². The minimum absolute atomic E-state index is 0.103. The first-order valence-corrected chi connectivity index (χ1v) is 8.89. The monoisotopic (exact) mass is 354 g/mol. The zero-order valence-electron chi connectivity index (χ0n) is 15.4. The smallest absolute Gasteiger partial charge is 0.236 e. The van der Waals surface area contributed by atoms with Crippen molar-refractivity contribution in [3.8, 4) is 5.75 Å². The molecule has 1 amide bonds. The number of piperazine rings is 1. The first-order chi connectivity index (χ1) is 12.7. The van der Waals surface area contributed by atoms with Crippen molar-refractivity contribution in [3.05, 3.63) is 59.9 Å². The zero-order chi connectivity index (χ0) is 18.4. The van der Waals surface area contributed by atoms with Crippen LogP contribution in [0.5, 0.6) is 5.75 Å². The van der Waals surface area contributed by atoms with Gasteiger partial charge >= 0.3 is 0 Å². The maximum absolute atomic E-state index is 12.8. The van der Waals surface area contributed by atoms with Gasteiger partial charge in [0.2, 0.25) is 5.91 Å². The van der Waals surface area contributed by atoms with Gasteiger partial charge in [-0.15, -0.1) is 0 Å². The van der Waals surface area contributed by atoms with Gasteiger partial charge in [-0.1, -0.05) is 24.3 Å². The van der Waals surface area contributed by atoms with E-state index in [0.717, 1.165) is 36.5 Å². The van der Waals surface area contributed by atoms with Crippen molar-refractivity contribution in [2.45, 2.75) is 12.6 Å². The van der Waals surface area contributed by atoms with E-state index in [0.29, 0.717) is 13.1 Å². The predicted octanol–water partition coefficient (Wildman–Crippen LogP) is 1.70. The summed E-state index contributed by atoms with van der Waals surface area (Å²) in [5.41, 5.74) is 2.15. The van der Waals surface area contributed by atoms with Crippen LogP contribution in [0.15, 0.2) is 48.8 Å². The van der Waals surface area contributed by atoms with E-state index < -0.39 is 0 Å². The SMILES string of the molecule is COc1ccccc1CN(C)C(=O)CN1CCNCC1c1cccnc1. The molecule has 1 saturated heterocycles. The van der Waals surface area contributed by atoms with E-state index >= 15 is 0 Å². The van der Waals surface area contributed by atoms with Crippen molar-refractivity contribution < 1.29 is 9.53 Å². The number of likely N-dealkylation sites (N-methyl/N-ethyl adjacent to an activating group) is 1. The first kappa shape index (κ1) is 18.4. The van der Waals surface area contributed by atoms with E-state index in [1.807, 2.05) is 43.6 Å². The van der Waals surface area contributed by atoms with Crippen LogP contribution in [0.3, 0.4) is 0 Å². The van der Waals surface area contributed by atoms with Gasteiger partial charge in [0.25, 0.3) is 0 Å². The molecule has 6 heteroatoms. The topological polar surface area (TPSA) is 57.7 Å². The van der Waals surface area contributed by atoms with Gasteiger partial charge in [0.1, 0.15) is 5.75 Å². The van der Waals surface area contributed by atoms with E-state index in [1.54, 1.807) is 18.2 Å². The summed E-state index contributed by atoms with van der Waals surface area (Å²) >= 11 is 0. The maximum Gasteiger partial charge on any atom is 0.236 e.